The molecule has 10 rings (SSSR count). The van der Waals surface area contributed by atoms with E-state index in [-0.39, 0.29) is 5.41 Å². The molecule has 0 unspecified atom stereocenters. The second-order valence-corrected chi connectivity index (χ2v) is 12.5. The van der Waals surface area contributed by atoms with Gasteiger partial charge >= 0.3 is 0 Å². The first kappa shape index (κ1) is 22.5. The van der Waals surface area contributed by atoms with Crippen LogP contribution in [0.2, 0.25) is 0 Å². The van der Waals surface area contributed by atoms with E-state index < -0.39 is 0 Å². The van der Waals surface area contributed by atoms with Gasteiger partial charge in [0.05, 0.1) is 16.7 Å². The molecule has 196 valence electrons. The summed E-state index contributed by atoms with van der Waals surface area (Å²) in [5, 5.41) is 13.1. The Morgan fingerprint density at radius 2 is 1.17 bits per heavy atom. The van der Waals surface area contributed by atoms with Crippen LogP contribution in [0.5, 0.6) is 0 Å². The lowest BCUT2D eigenvalue weighted by atomic mass is 9.82. The van der Waals surface area contributed by atoms with Crippen LogP contribution in [0.25, 0.3) is 81.7 Å². The second kappa shape index (κ2) is 7.57. The van der Waals surface area contributed by atoms with E-state index in [1.807, 2.05) is 0 Å². The number of nitrogens with zero attached hydrogens (tertiary/aromatic N) is 1. The van der Waals surface area contributed by atoms with Gasteiger partial charge in [0.1, 0.15) is 0 Å². The number of hydrogen-bond donors (Lipinski definition) is 0. The fraction of sp³-hybridized carbons (Fsp3) is 0.0732. The van der Waals surface area contributed by atoms with E-state index in [4.69, 9.17) is 0 Å². The highest BCUT2D eigenvalue weighted by atomic mass is 15.0. The zero-order valence-corrected chi connectivity index (χ0v) is 23.6. The van der Waals surface area contributed by atoms with Crippen molar-refractivity contribution in [2.24, 2.45) is 0 Å². The maximum atomic E-state index is 2.51. The monoisotopic (exact) mass is 533 g/mol. The van der Waals surface area contributed by atoms with Crippen molar-refractivity contribution in [2.75, 3.05) is 0 Å². The highest BCUT2D eigenvalue weighted by Gasteiger charge is 2.36. The minimum absolute atomic E-state index is 0.0108. The van der Waals surface area contributed by atoms with Gasteiger partial charge in [-0.3, -0.25) is 0 Å². The van der Waals surface area contributed by atoms with Crippen LogP contribution in [-0.4, -0.2) is 4.57 Å². The molecule has 1 heteroatoms. The molecule has 0 bridgehead atoms. The molecule has 1 nitrogen and oxygen atoms in total. The van der Waals surface area contributed by atoms with Gasteiger partial charge in [0.25, 0.3) is 0 Å². The van der Waals surface area contributed by atoms with Crippen LogP contribution in [0, 0.1) is 0 Å². The van der Waals surface area contributed by atoms with Gasteiger partial charge in [-0.05, 0) is 84.2 Å². The first-order valence-electron chi connectivity index (χ1n) is 14.9. The summed E-state index contributed by atoms with van der Waals surface area (Å²) in [5.41, 5.74) is 9.34. The molecule has 0 aliphatic heterocycles. The molecule has 0 fully saturated rings. The molecule has 0 N–H and O–H groups in total. The number of hydrogen-bond acceptors (Lipinski definition) is 0. The fourth-order valence-electron chi connectivity index (χ4n) is 8.18. The molecule has 0 saturated heterocycles. The standard InChI is InChI=1S/C41H27N/c1-41(2)33-15-5-3-13-29(33)40-31-23-32-28-12-4-6-16-35(28)42(37(32)21-26(31)19-20-34(40)41)36-22-27-11-7-9-24-17-18-25-10-8-14-30(36)39(25)38(24)27/h3-23H,1-2H3. The van der Waals surface area contributed by atoms with Crippen molar-refractivity contribution in [3.63, 3.8) is 0 Å². The number of para-hydroxylation sites is 1. The van der Waals surface area contributed by atoms with Crippen molar-refractivity contribution in [1.29, 1.82) is 0 Å². The average Bonchev–Trinajstić information content (AvgIpc) is 3.47. The zero-order chi connectivity index (χ0) is 27.7. The smallest absolute Gasteiger partial charge is 0.0547 e. The summed E-state index contributed by atoms with van der Waals surface area (Å²) in [6, 6.07) is 47.9. The molecule has 1 aliphatic rings. The molecule has 1 heterocycles. The van der Waals surface area contributed by atoms with E-state index >= 15 is 0 Å². The molecule has 0 spiro atoms. The number of benzene rings is 8. The highest BCUT2D eigenvalue weighted by molar-refractivity contribution is 6.26. The molecule has 0 amide bonds. The lowest BCUT2D eigenvalue weighted by Gasteiger charge is -2.21. The maximum Gasteiger partial charge on any atom is 0.0547 e. The van der Waals surface area contributed by atoms with Crippen LogP contribution in [0.15, 0.2) is 127 Å². The van der Waals surface area contributed by atoms with Crippen LogP contribution >= 0.6 is 0 Å². The molecule has 9 aromatic rings. The van der Waals surface area contributed by atoms with Crippen LogP contribution in [0.4, 0.5) is 0 Å². The normalized spacial score (nSPS) is 14.1. The van der Waals surface area contributed by atoms with Crippen molar-refractivity contribution in [3.8, 4) is 16.8 Å². The number of rotatable bonds is 1. The first-order valence-corrected chi connectivity index (χ1v) is 14.9. The second-order valence-electron chi connectivity index (χ2n) is 12.5. The summed E-state index contributed by atoms with van der Waals surface area (Å²) in [6.07, 6.45) is 0. The summed E-state index contributed by atoms with van der Waals surface area (Å²) >= 11 is 0. The largest absolute Gasteiger partial charge is 0.309 e. The van der Waals surface area contributed by atoms with Crippen LogP contribution in [0.3, 0.4) is 0 Å². The van der Waals surface area contributed by atoms with Crippen molar-refractivity contribution in [3.05, 3.63) is 139 Å². The molecule has 0 saturated carbocycles. The summed E-state index contributed by atoms with van der Waals surface area (Å²) in [5.74, 6) is 0. The van der Waals surface area contributed by atoms with Crippen LogP contribution < -0.4 is 0 Å². The Kier molecular flexibility index (Phi) is 4.06. The van der Waals surface area contributed by atoms with Crippen molar-refractivity contribution in [1.82, 2.24) is 4.57 Å². The molecule has 42 heavy (non-hydrogen) atoms. The predicted octanol–water partition coefficient (Wildman–Crippen LogP) is 11.1. The third kappa shape index (κ3) is 2.65. The average molecular weight is 534 g/mol. The Bertz CT molecular complexity index is 2590. The Hall–Kier alpha value is -5.14. The SMILES string of the molecule is CC1(C)c2ccccc2-c2c1ccc1cc3c(cc21)c1ccccc1n3-c1cc2cccc3ccc4cccc1c4c32. The summed E-state index contributed by atoms with van der Waals surface area (Å²) < 4.78 is 2.51. The van der Waals surface area contributed by atoms with Crippen molar-refractivity contribution < 1.29 is 0 Å². The van der Waals surface area contributed by atoms with Crippen molar-refractivity contribution in [2.45, 2.75) is 19.3 Å². The predicted molar refractivity (Wildman–Crippen MR) is 180 cm³/mol. The first-order chi connectivity index (χ1) is 20.6. The van der Waals surface area contributed by atoms with Gasteiger partial charge in [-0.25, -0.2) is 0 Å². The number of aromatic nitrogens is 1. The van der Waals surface area contributed by atoms with Gasteiger partial charge in [0.2, 0.25) is 0 Å². The Morgan fingerprint density at radius 3 is 2.07 bits per heavy atom. The van der Waals surface area contributed by atoms with E-state index in [1.54, 1.807) is 0 Å². The Morgan fingerprint density at radius 1 is 0.452 bits per heavy atom. The third-order valence-corrected chi connectivity index (χ3v) is 10.1. The Labute approximate surface area is 243 Å². The van der Waals surface area contributed by atoms with E-state index in [9.17, 15) is 0 Å². The summed E-state index contributed by atoms with van der Waals surface area (Å²) in [6.45, 7) is 4.73. The van der Waals surface area contributed by atoms with Gasteiger partial charge in [0.15, 0.2) is 0 Å². The molecule has 0 atom stereocenters. The Balaban J connectivity index is 1.38. The van der Waals surface area contributed by atoms with Crippen LogP contribution in [0.1, 0.15) is 25.0 Å². The summed E-state index contributed by atoms with van der Waals surface area (Å²) in [4.78, 5) is 0. The molecule has 1 aromatic heterocycles. The molecule has 1 aliphatic carbocycles. The molecular weight excluding hydrogens is 506 g/mol. The lowest BCUT2D eigenvalue weighted by molar-refractivity contribution is 0.661. The molecule has 0 radical (unpaired) electrons. The van der Waals surface area contributed by atoms with Crippen LogP contribution in [-0.2, 0) is 5.41 Å². The quantitative estimate of drug-likeness (QED) is 0.185. The van der Waals surface area contributed by atoms with Gasteiger partial charge in [0, 0.05) is 21.6 Å². The van der Waals surface area contributed by atoms with Gasteiger partial charge in [-0.15, -0.1) is 0 Å². The third-order valence-electron chi connectivity index (χ3n) is 10.1. The maximum absolute atomic E-state index is 2.51. The zero-order valence-electron chi connectivity index (χ0n) is 23.6. The number of fused-ring (bicyclic) bond motifs is 8. The molecule has 8 aromatic carbocycles. The van der Waals surface area contributed by atoms with E-state index in [0.29, 0.717) is 0 Å². The molecular formula is C41H27N. The minimum Gasteiger partial charge on any atom is -0.309 e. The van der Waals surface area contributed by atoms with Crippen molar-refractivity contribution >= 4 is 64.9 Å². The van der Waals surface area contributed by atoms with E-state index in [1.165, 1.54) is 92.8 Å². The lowest BCUT2D eigenvalue weighted by Crippen LogP contribution is -2.14. The van der Waals surface area contributed by atoms with Gasteiger partial charge < -0.3 is 4.57 Å². The van der Waals surface area contributed by atoms with Gasteiger partial charge in [-0.1, -0.05) is 117 Å². The highest BCUT2D eigenvalue weighted by Crippen LogP contribution is 2.52. The fourth-order valence-corrected chi connectivity index (χ4v) is 8.18. The van der Waals surface area contributed by atoms with E-state index in [2.05, 4.69) is 146 Å². The minimum atomic E-state index is -0.0108. The van der Waals surface area contributed by atoms with E-state index in [0.717, 1.165) is 0 Å². The topological polar surface area (TPSA) is 4.93 Å². The van der Waals surface area contributed by atoms with Gasteiger partial charge in [-0.2, -0.15) is 0 Å². The summed E-state index contributed by atoms with van der Waals surface area (Å²) in [7, 11) is 0.